The molecule has 0 N–H and O–H groups in total. The number of anilines is 1. The van der Waals surface area contributed by atoms with Crippen LogP contribution in [0.2, 0.25) is 0 Å². The van der Waals surface area contributed by atoms with Gasteiger partial charge >= 0.3 is 5.97 Å². The van der Waals surface area contributed by atoms with Gasteiger partial charge < -0.3 is 14.2 Å². The summed E-state index contributed by atoms with van der Waals surface area (Å²) in [7, 11) is 0. The number of fused-ring (bicyclic) bond motifs is 1. The Bertz CT molecular complexity index is 807. The number of aryl methyl sites for hydroxylation is 3. The highest BCUT2D eigenvalue weighted by Crippen LogP contribution is 2.31. The van der Waals surface area contributed by atoms with Gasteiger partial charge in [0.2, 0.25) is 0 Å². The molecule has 1 aliphatic heterocycles. The summed E-state index contributed by atoms with van der Waals surface area (Å²) in [6.07, 6.45) is 1.03. The van der Waals surface area contributed by atoms with E-state index >= 15 is 0 Å². The average Bonchev–Trinajstić information content (AvgIpc) is 2.93. The van der Waals surface area contributed by atoms with Gasteiger partial charge in [-0.05, 0) is 52.2 Å². The molecule has 2 atom stereocenters. The van der Waals surface area contributed by atoms with Gasteiger partial charge in [0.1, 0.15) is 5.76 Å². The van der Waals surface area contributed by atoms with E-state index in [1.807, 2.05) is 31.2 Å². The van der Waals surface area contributed by atoms with E-state index in [9.17, 15) is 9.59 Å². The van der Waals surface area contributed by atoms with Crippen molar-refractivity contribution in [1.82, 2.24) is 5.16 Å². The predicted molar refractivity (Wildman–Crippen MR) is 96.9 cm³/mol. The molecule has 1 aromatic carbocycles. The van der Waals surface area contributed by atoms with E-state index in [1.54, 1.807) is 25.7 Å². The van der Waals surface area contributed by atoms with Crippen molar-refractivity contribution in [3.63, 3.8) is 0 Å². The van der Waals surface area contributed by atoms with Crippen molar-refractivity contribution in [3.8, 4) is 0 Å². The number of hydrogen-bond acceptors (Lipinski definition) is 5. The molecular formula is C20H24N2O4. The van der Waals surface area contributed by atoms with Crippen molar-refractivity contribution in [3.05, 3.63) is 46.8 Å². The molecule has 0 radical (unpaired) electrons. The number of ether oxygens (including phenoxy) is 1. The Morgan fingerprint density at radius 2 is 2.08 bits per heavy atom. The van der Waals surface area contributed by atoms with E-state index in [2.05, 4.69) is 5.16 Å². The number of rotatable bonds is 4. The molecule has 138 valence electrons. The minimum Gasteiger partial charge on any atom is -0.452 e. The van der Waals surface area contributed by atoms with Crippen molar-refractivity contribution in [1.29, 1.82) is 0 Å². The zero-order valence-electron chi connectivity index (χ0n) is 15.6. The van der Waals surface area contributed by atoms with Gasteiger partial charge in [-0.25, -0.2) is 0 Å². The molecule has 0 aliphatic carbocycles. The quantitative estimate of drug-likeness (QED) is 0.787. The summed E-state index contributed by atoms with van der Waals surface area (Å²) in [5, 5.41) is 3.83. The highest BCUT2D eigenvalue weighted by Gasteiger charge is 2.32. The van der Waals surface area contributed by atoms with E-state index in [4.69, 9.17) is 9.26 Å². The van der Waals surface area contributed by atoms with Crippen LogP contribution in [0, 0.1) is 13.8 Å². The molecule has 26 heavy (non-hydrogen) atoms. The minimum atomic E-state index is -0.850. The third kappa shape index (κ3) is 3.49. The standard InChI is InChI=1S/C20H24N2O4/c1-12-9-10-16-7-5-6-8-18(16)22(12)20(24)15(4)25-19(23)11-17-13(2)21-26-14(17)3/h5-8,12,15H,9-11H2,1-4H3/t12-,15-/m1/s1. The molecule has 0 bridgehead atoms. The molecule has 0 spiro atoms. The van der Waals surface area contributed by atoms with Crippen LogP contribution in [0.5, 0.6) is 0 Å². The van der Waals surface area contributed by atoms with Crippen LogP contribution in [-0.2, 0) is 27.2 Å². The van der Waals surface area contributed by atoms with E-state index in [-0.39, 0.29) is 18.4 Å². The lowest BCUT2D eigenvalue weighted by atomic mass is 9.96. The van der Waals surface area contributed by atoms with Crippen molar-refractivity contribution >= 4 is 17.6 Å². The fourth-order valence-electron chi connectivity index (χ4n) is 3.41. The molecule has 2 aromatic rings. The van der Waals surface area contributed by atoms with Gasteiger partial charge in [0.15, 0.2) is 6.10 Å². The third-order valence-corrected chi connectivity index (χ3v) is 4.92. The molecule has 0 unspecified atom stereocenters. The molecule has 1 aliphatic rings. The number of nitrogens with zero attached hydrogens (tertiary/aromatic N) is 2. The number of hydrogen-bond donors (Lipinski definition) is 0. The van der Waals surface area contributed by atoms with Crippen LogP contribution in [0.3, 0.4) is 0 Å². The smallest absolute Gasteiger partial charge is 0.311 e. The molecule has 2 heterocycles. The molecule has 1 aromatic heterocycles. The minimum absolute atomic E-state index is 0.0466. The second-order valence-electron chi connectivity index (χ2n) is 6.84. The molecule has 0 saturated carbocycles. The summed E-state index contributed by atoms with van der Waals surface area (Å²) < 4.78 is 10.5. The summed E-state index contributed by atoms with van der Waals surface area (Å²) in [5.74, 6) is -0.0630. The molecule has 0 saturated heterocycles. The number of carbonyl (C=O) groups is 2. The number of esters is 1. The van der Waals surface area contributed by atoms with E-state index < -0.39 is 12.1 Å². The highest BCUT2D eigenvalue weighted by molar-refractivity contribution is 5.99. The van der Waals surface area contributed by atoms with Crippen LogP contribution < -0.4 is 4.90 Å². The molecule has 6 heteroatoms. The third-order valence-electron chi connectivity index (χ3n) is 4.92. The van der Waals surface area contributed by atoms with Gasteiger partial charge in [-0.2, -0.15) is 0 Å². The highest BCUT2D eigenvalue weighted by atomic mass is 16.5. The van der Waals surface area contributed by atoms with Crippen LogP contribution in [0.4, 0.5) is 5.69 Å². The second-order valence-corrected chi connectivity index (χ2v) is 6.84. The zero-order valence-corrected chi connectivity index (χ0v) is 15.6. The monoisotopic (exact) mass is 356 g/mol. The van der Waals surface area contributed by atoms with Crippen molar-refractivity contribution in [2.24, 2.45) is 0 Å². The lowest BCUT2D eigenvalue weighted by molar-refractivity contribution is -0.153. The zero-order chi connectivity index (χ0) is 18.8. The molecule has 3 rings (SSSR count). The van der Waals surface area contributed by atoms with Gasteiger partial charge in [-0.1, -0.05) is 23.4 Å². The Labute approximate surface area is 153 Å². The average molecular weight is 356 g/mol. The first-order valence-electron chi connectivity index (χ1n) is 8.90. The Balaban J connectivity index is 1.71. The summed E-state index contributed by atoms with van der Waals surface area (Å²) in [5.41, 5.74) is 3.43. The molecular weight excluding hydrogens is 332 g/mol. The first kappa shape index (κ1) is 18.2. The first-order valence-corrected chi connectivity index (χ1v) is 8.90. The predicted octanol–water partition coefficient (Wildman–Crippen LogP) is 3.13. The van der Waals surface area contributed by atoms with Gasteiger partial charge in [0, 0.05) is 17.3 Å². The largest absolute Gasteiger partial charge is 0.452 e. The summed E-state index contributed by atoms with van der Waals surface area (Å²) >= 11 is 0. The van der Waals surface area contributed by atoms with E-state index in [1.165, 1.54) is 0 Å². The Morgan fingerprint density at radius 3 is 2.77 bits per heavy atom. The van der Waals surface area contributed by atoms with Crippen LogP contribution in [-0.4, -0.2) is 29.2 Å². The first-order chi connectivity index (χ1) is 12.4. The maximum absolute atomic E-state index is 13.0. The molecule has 1 amide bonds. The van der Waals surface area contributed by atoms with Crippen LogP contribution in [0.25, 0.3) is 0 Å². The Hall–Kier alpha value is -2.63. The van der Waals surface area contributed by atoms with Gasteiger partial charge in [0.05, 0.1) is 12.1 Å². The molecule has 6 nitrogen and oxygen atoms in total. The number of carbonyl (C=O) groups excluding carboxylic acids is 2. The fourth-order valence-corrected chi connectivity index (χ4v) is 3.41. The Kier molecular flexibility index (Phi) is 5.11. The SMILES string of the molecule is Cc1noc(C)c1CC(=O)O[C@H](C)C(=O)N1c2ccccc2CC[C@H]1C. The van der Waals surface area contributed by atoms with Crippen molar-refractivity contribution < 1.29 is 18.8 Å². The second kappa shape index (κ2) is 7.32. The lowest BCUT2D eigenvalue weighted by Crippen LogP contribution is -2.47. The normalized spacial score (nSPS) is 17.5. The maximum atomic E-state index is 13.0. The summed E-state index contributed by atoms with van der Waals surface area (Å²) in [6.45, 7) is 7.17. The fraction of sp³-hybridized carbons (Fsp3) is 0.450. The lowest BCUT2D eigenvalue weighted by Gasteiger charge is -2.36. The van der Waals surface area contributed by atoms with Crippen LogP contribution in [0.1, 0.15) is 42.8 Å². The van der Waals surface area contributed by atoms with E-state index in [0.717, 1.165) is 24.1 Å². The van der Waals surface area contributed by atoms with Crippen LogP contribution >= 0.6 is 0 Å². The number of amides is 1. The van der Waals surface area contributed by atoms with Gasteiger partial charge in [-0.15, -0.1) is 0 Å². The Morgan fingerprint density at radius 1 is 1.35 bits per heavy atom. The topological polar surface area (TPSA) is 72.6 Å². The van der Waals surface area contributed by atoms with Gasteiger partial charge in [0.25, 0.3) is 5.91 Å². The molecule has 0 fully saturated rings. The van der Waals surface area contributed by atoms with Crippen molar-refractivity contribution in [2.45, 2.75) is 59.1 Å². The van der Waals surface area contributed by atoms with Gasteiger partial charge in [-0.3, -0.25) is 9.59 Å². The number of benzene rings is 1. The van der Waals surface area contributed by atoms with E-state index in [0.29, 0.717) is 17.0 Å². The maximum Gasteiger partial charge on any atom is 0.311 e. The summed E-state index contributed by atoms with van der Waals surface area (Å²) in [6, 6.07) is 7.95. The number of aromatic nitrogens is 1. The van der Waals surface area contributed by atoms with Crippen molar-refractivity contribution in [2.75, 3.05) is 4.90 Å². The number of para-hydroxylation sites is 1. The summed E-state index contributed by atoms with van der Waals surface area (Å²) in [4.78, 5) is 27.0. The van der Waals surface area contributed by atoms with Crippen LogP contribution in [0.15, 0.2) is 28.8 Å².